The minimum atomic E-state index is -0.473. The zero-order valence-electron chi connectivity index (χ0n) is 33.4. The molecule has 0 unspecified atom stereocenters. The van der Waals surface area contributed by atoms with E-state index in [0.717, 1.165) is 17.1 Å². The molecule has 0 N–H and O–H groups in total. The number of thiophene rings is 1. The fourth-order valence-electron chi connectivity index (χ4n) is 10.2. The molecule has 1 nitrogen and oxygen atoms in total. The minimum absolute atomic E-state index is 0.473. The summed E-state index contributed by atoms with van der Waals surface area (Å²) in [5.41, 5.74) is 15.4. The van der Waals surface area contributed by atoms with Crippen molar-refractivity contribution in [2.45, 2.75) is 5.41 Å². The first-order valence-corrected chi connectivity index (χ1v) is 21.8. The lowest BCUT2D eigenvalue weighted by molar-refractivity contribution is 0.769. The van der Waals surface area contributed by atoms with E-state index < -0.39 is 5.41 Å². The van der Waals surface area contributed by atoms with Gasteiger partial charge in [0.25, 0.3) is 0 Å². The molecular formula is C59H39NS. The summed E-state index contributed by atoms with van der Waals surface area (Å²) >= 11 is 1.86. The Morgan fingerprint density at radius 3 is 1.77 bits per heavy atom. The van der Waals surface area contributed by atoms with Gasteiger partial charge in [-0.15, -0.1) is 11.3 Å². The zero-order valence-corrected chi connectivity index (χ0v) is 34.2. The van der Waals surface area contributed by atoms with Crippen molar-refractivity contribution < 1.29 is 0 Å². The molecule has 0 saturated carbocycles. The molecular weight excluding hydrogens is 755 g/mol. The Bertz CT molecular complexity index is 3380. The summed E-state index contributed by atoms with van der Waals surface area (Å²) in [4.78, 5) is 2.52. The molecule has 0 radical (unpaired) electrons. The number of hydrogen-bond acceptors (Lipinski definition) is 2. The van der Waals surface area contributed by atoms with Crippen LogP contribution in [0.1, 0.15) is 22.3 Å². The van der Waals surface area contributed by atoms with Gasteiger partial charge in [0.2, 0.25) is 0 Å². The largest absolute Gasteiger partial charge is 0.309 e. The monoisotopic (exact) mass is 793 g/mol. The smallest absolute Gasteiger partial charge is 0.0713 e. The van der Waals surface area contributed by atoms with Crippen molar-refractivity contribution in [3.8, 4) is 33.4 Å². The summed E-state index contributed by atoms with van der Waals surface area (Å²) in [5.74, 6) is 0. The van der Waals surface area contributed by atoms with Crippen molar-refractivity contribution in [2.24, 2.45) is 0 Å². The molecule has 1 aliphatic rings. The fraction of sp³-hybridized carbons (Fsp3) is 0.0169. The maximum absolute atomic E-state index is 2.52. The van der Waals surface area contributed by atoms with Crippen LogP contribution in [0.25, 0.3) is 64.3 Å². The highest BCUT2D eigenvalue weighted by Gasteiger charge is 2.46. The van der Waals surface area contributed by atoms with Crippen LogP contribution < -0.4 is 4.90 Å². The Kier molecular flexibility index (Phi) is 8.33. The highest BCUT2D eigenvalue weighted by atomic mass is 32.1. The van der Waals surface area contributed by atoms with Gasteiger partial charge in [0.05, 0.1) is 16.8 Å². The molecule has 10 aromatic carbocycles. The highest BCUT2D eigenvalue weighted by Crippen LogP contribution is 2.57. The van der Waals surface area contributed by atoms with Crippen molar-refractivity contribution in [3.05, 3.63) is 259 Å². The second-order valence-electron chi connectivity index (χ2n) is 16.0. The third-order valence-electron chi connectivity index (χ3n) is 12.7. The molecule has 0 fully saturated rings. The quantitative estimate of drug-likeness (QED) is 0.155. The van der Waals surface area contributed by atoms with E-state index in [1.54, 1.807) is 0 Å². The first-order valence-electron chi connectivity index (χ1n) is 21.0. The van der Waals surface area contributed by atoms with E-state index in [2.05, 4.69) is 241 Å². The maximum Gasteiger partial charge on any atom is 0.0713 e. The predicted octanol–water partition coefficient (Wildman–Crippen LogP) is 16.4. The van der Waals surface area contributed by atoms with E-state index in [0.29, 0.717) is 0 Å². The van der Waals surface area contributed by atoms with Crippen LogP contribution in [-0.2, 0) is 5.41 Å². The van der Waals surface area contributed by atoms with Gasteiger partial charge in [-0.25, -0.2) is 0 Å². The van der Waals surface area contributed by atoms with Crippen LogP contribution in [-0.4, -0.2) is 0 Å². The summed E-state index contributed by atoms with van der Waals surface area (Å²) in [6.45, 7) is 0. The molecule has 1 aromatic heterocycles. The summed E-state index contributed by atoms with van der Waals surface area (Å²) in [5, 5.41) is 4.99. The molecule has 0 saturated heterocycles. The topological polar surface area (TPSA) is 3.24 Å². The molecule has 1 heterocycles. The number of hydrogen-bond donors (Lipinski definition) is 0. The number of fused-ring (bicyclic) bond motifs is 7. The Hall–Kier alpha value is -7.52. The maximum atomic E-state index is 2.52. The molecule has 0 bridgehead atoms. The molecule has 286 valence electrons. The number of nitrogens with zero attached hydrogens (tertiary/aromatic N) is 1. The molecule has 12 rings (SSSR count). The van der Waals surface area contributed by atoms with E-state index in [9.17, 15) is 0 Å². The molecule has 1 aliphatic carbocycles. The lowest BCUT2D eigenvalue weighted by atomic mass is 9.67. The summed E-state index contributed by atoms with van der Waals surface area (Å²) in [7, 11) is 0. The van der Waals surface area contributed by atoms with Gasteiger partial charge in [-0.2, -0.15) is 0 Å². The van der Waals surface area contributed by atoms with Crippen molar-refractivity contribution in [1.29, 1.82) is 0 Å². The van der Waals surface area contributed by atoms with E-state index in [1.165, 1.54) is 86.6 Å². The van der Waals surface area contributed by atoms with E-state index in [1.807, 2.05) is 11.3 Å². The number of benzene rings is 10. The predicted molar refractivity (Wildman–Crippen MR) is 260 cm³/mol. The van der Waals surface area contributed by atoms with Crippen molar-refractivity contribution in [2.75, 3.05) is 4.90 Å². The molecule has 0 spiro atoms. The van der Waals surface area contributed by atoms with Crippen molar-refractivity contribution >= 4 is 59.3 Å². The van der Waals surface area contributed by atoms with Crippen LogP contribution in [0.2, 0.25) is 0 Å². The van der Waals surface area contributed by atoms with Gasteiger partial charge in [0.1, 0.15) is 0 Å². The Labute approximate surface area is 360 Å². The van der Waals surface area contributed by atoms with Gasteiger partial charge in [0, 0.05) is 31.4 Å². The molecule has 2 heteroatoms. The third kappa shape index (κ3) is 5.53. The summed E-state index contributed by atoms with van der Waals surface area (Å²) < 4.78 is 2.57. The van der Waals surface area contributed by atoms with Gasteiger partial charge in [-0.05, 0) is 103 Å². The number of anilines is 3. The lowest BCUT2D eigenvalue weighted by Gasteiger charge is -2.34. The molecule has 61 heavy (non-hydrogen) atoms. The Morgan fingerprint density at radius 1 is 0.361 bits per heavy atom. The second kappa shape index (κ2) is 14.3. The van der Waals surface area contributed by atoms with E-state index in [-0.39, 0.29) is 0 Å². The Morgan fingerprint density at radius 2 is 0.967 bits per heavy atom. The molecule has 0 atom stereocenters. The van der Waals surface area contributed by atoms with Crippen molar-refractivity contribution in [3.63, 3.8) is 0 Å². The average Bonchev–Trinajstić information content (AvgIpc) is 3.87. The third-order valence-corrected chi connectivity index (χ3v) is 13.9. The SMILES string of the molecule is c1ccc(-c2c(N(c3cccc(-c4ccc5c(c4)C(c4ccccc4)(c4ccccc4)c4ccccc4-5)c3)c3cccc4sc5ccccc5c34)ccc3ccccc23)cc1. The van der Waals surface area contributed by atoms with Crippen LogP contribution in [0, 0.1) is 0 Å². The molecule has 11 aromatic rings. The second-order valence-corrected chi connectivity index (χ2v) is 17.1. The van der Waals surface area contributed by atoms with Gasteiger partial charge < -0.3 is 4.90 Å². The normalized spacial score (nSPS) is 12.7. The van der Waals surface area contributed by atoms with Gasteiger partial charge in [-0.3, -0.25) is 0 Å². The van der Waals surface area contributed by atoms with Crippen LogP contribution in [0.4, 0.5) is 17.1 Å². The Balaban J connectivity index is 1.11. The zero-order chi connectivity index (χ0) is 40.3. The summed E-state index contributed by atoms with van der Waals surface area (Å²) in [6.07, 6.45) is 0. The minimum Gasteiger partial charge on any atom is -0.309 e. The number of rotatable bonds is 7. The van der Waals surface area contributed by atoms with Crippen LogP contribution in [0.5, 0.6) is 0 Å². The fourth-order valence-corrected chi connectivity index (χ4v) is 11.3. The highest BCUT2D eigenvalue weighted by molar-refractivity contribution is 7.26. The molecule has 0 amide bonds. The van der Waals surface area contributed by atoms with Crippen LogP contribution in [0.15, 0.2) is 237 Å². The standard InChI is InChI=1S/C59H39NS/c1-4-19-41(20-5-1)57-47-27-11-10-18-40(47)35-37-54(57)60(53-31-17-33-56-58(53)50-29-13-15-32-55(50)61-56)46-26-16-21-42(38-46)43-34-36-49-48-28-12-14-30-51(48)59(52(49)39-43,44-22-6-2-7-23-44)45-24-8-3-9-25-45/h1-39H. The average molecular weight is 794 g/mol. The van der Waals surface area contributed by atoms with Gasteiger partial charge in [-0.1, -0.05) is 194 Å². The van der Waals surface area contributed by atoms with Crippen LogP contribution in [0.3, 0.4) is 0 Å². The first kappa shape index (κ1) is 35.4. The van der Waals surface area contributed by atoms with Gasteiger partial charge in [0.15, 0.2) is 0 Å². The lowest BCUT2D eigenvalue weighted by Crippen LogP contribution is -2.28. The van der Waals surface area contributed by atoms with Crippen LogP contribution >= 0.6 is 11.3 Å². The first-order chi connectivity index (χ1) is 30.3. The van der Waals surface area contributed by atoms with E-state index in [4.69, 9.17) is 0 Å². The van der Waals surface area contributed by atoms with Crippen molar-refractivity contribution in [1.82, 2.24) is 0 Å². The van der Waals surface area contributed by atoms with E-state index >= 15 is 0 Å². The summed E-state index contributed by atoms with van der Waals surface area (Å²) in [6, 6.07) is 87.4. The molecule has 0 aliphatic heterocycles. The van der Waals surface area contributed by atoms with Gasteiger partial charge >= 0.3 is 0 Å².